The molecule has 0 heterocycles. The molecule has 0 aliphatic rings. The number of aliphatic hydroxyl groups excluding tert-OH is 1. The van der Waals surface area contributed by atoms with Gasteiger partial charge in [-0.25, -0.2) is 0 Å². The quantitative estimate of drug-likeness (QED) is 0.820. The van der Waals surface area contributed by atoms with Gasteiger partial charge >= 0.3 is 0 Å². The van der Waals surface area contributed by atoms with Gasteiger partial charge in [0.25, 0.3) is 0 Å². The molecule has 1 atom stereocenters. The number of likely N-dealkylation sites (N-methyl/N-ethyl adjacent to an activating group) is 1. The van der Waals surface area contributed by atoms with Gasteiger partial charge in [0.05, 0.1) is 6.10 Å². The molecule has 1 rings (SSSR count). The number of hydrogen-bond donors (Lipinski definition) is 1. The summed E-state index contributed by atoms with van der Waals surface area (Å²) in [5.74, 6) is 0.601. The Hall–Kier alpha value is -1.06. The Morgan fingerprint density at radius 1 is 1.05 bits per heavy atom. The predicted octanol–water partition coefficient (Wildman–Crippen LogP) is 2.76. The van der Waals surface area contributed by atoms with Crippen molar-refractivity contribution in [2.75, 3.05) is 38.6 Å². The van der Waals surface area contributed by atoms with Gasteiger partial charge in [-0.1, -0.05) is 32.0 Å². The zero-order valence-corrected chi connectivity index (χ0v) is 12.9. The van der Waals surface area contributed by atoms with Crippen molar-refractivity contribution in [2.24, 2.45) is 5.92 Å². The molecule has 1 aromatic carbocycles. The Bertz CT molecular complexity index is 375. The average Bonchev–Trinajstić information content (AvgIpc) is 2.33. The third-order valence-corrected chi connectivity index (χ3v) is 3.13. The molecule has 108 valence electrons. The Morgan fingerprint density at radius 2 is 1.68 bits per heavy atom. The Balaban J connectivity index is 2.95. The zero-order chi connectivity index (χ0) is 14.4. The summed E-state index contributed by atoms with van der Waals surface area (Å²) in [6.07, 6.45) is -0.426. The van der Waals surface area contributed by atoms with Crippen LogP contribution in [0.5, 0.6) is 0 Å². The molecule has 0 saturated carbocycles. The Morgan fingerprint density at radius 3 is 2.21 bits per heavy atom. The molecule has 0 spiro atoms. The Kier molecular flexibility index (Phi) is 6.32. The van der Waals surface area contributed by atoms with Crippen LogP contribution < -0.4 is 4.90 Å². The fraction of sp³-hybridized carbons (Fsp3) is 0.625. The van der Waals surface area contributed by atoms with E-state index in [1.165, 1.54) is 0 Å². The molecular weight excluding hydrogens is 236 g/mol. The van der Waals surface area contributed by atoms with Gasteiger partial charge in [-0.05, 0) is 33.0 Å². The highest BCUT2D eigenvalue weighted by molar-refractivity contribution is 5.54. The van der Waals surface area contributed by atoms with Crippen molar-refractivity contribution in [3.05, 3.63) is 29.8 Å². The summed E-state index contributed by atoms with van der Waals surface area (Å²) in [4.78, 5) is 4.57. The van der Waals surface area contributed by atoms with E-state index < -0.39 is 6.10 Å². The second kappa shape index (κ2) is 7.51. The minimum absolute atomic E-state index is 0.426. The SMILES string of the molecule is CC(C)CN(CCN(C)C)c1ccccc1C(C)O. The van der Waals surface area contributed by atoms with Crippen molar-refractivity contribution in [3.8, 4) is 0 Å². The second-order valence-electron chi connectivity index (χ2n) is 5.88. The van der Waals surface area contributed by atoms with Gasteiger partial charge < -0.3 is 14.9 Å². The largest absolute Gasteiger partial charge is 0.389 e. The van der Waals surface area contributed by atoms with Crippen molar-refractivity contribution in [2.45, 2.75) is 26.9 Å². The van der Waals surface area contributed by atoms with Crippen molar-refractivity contribution in [1.29, 1.82) is 0 Å². The molecule has 0 bridgehead atoms. The molecule has 3 heteroatoms. The van der Waals surface area contributed by atoms with Crippen LogP contribution in [0.3, 0.4) is 0 Å². The van der Waals surface area contributed by atoms with Crippen LogP contribution in [0.25, 0.3) is 0 Å². The maximum absolute atomic E-state index is 9.93. The van der Waals surface area contributed by atoms with Gasteiger partial charge in [-0.15, -0.1) is 0 Å². The summed E-state index contributed by atoms with van der Waals surface area (Å²) in [5.41, 5.74) is 2.18. The molecule has 0 aromatic heterocycles. The molecule has 3 nitrogen and oxygen atoms in total. The highest BCUT2D eigenvalue weighted by atomic mass is 16.3. The molecule has 1 N–H and O–H groups in total. The molecule has 1 aromatic rings. The van der Waals surface area contributed by atoms with Crippen LogP contribution >= 0.6 is 0 Å². The highest BCUT2D eigenvalue weighted by Crippen LogP contribution is 2.26. The minimum Gasteiger partial charge on any atom is -0.389 e. The third-order valence-electron chi connectivity index (χ3n) is 3.13. The summed E-state index contributed by atoms with van der Waals surface area (Å²) < 4.78 is 0. The van der Waals surface area contributed by atoms with Crippen LogP contribution in [-0.4, -0.2) is 43.7 Å². The first kappa shape index (κ1) is 16.0. The van der Waals surface area contributed by atoms with Gasteiger partial charge in [-0.3, -0.25) is 0 Å². The van der Waals surface area contributed by atoms with Gasteiger partial charge in [0, 0.05) is 30.9 Å². The monoisotopic (exact) mass is 264 g/mol. The third kappa shape index (κ3) is 5.21. The number of rotatable bonds is 7. The van der Waals surface area contributed by atoms with E-state index in [2.05, 4.69) is 43.8 Å². The van der Waals surface area contributed by atoms with Crippen molar-refractivity contribution >= 4 is 5.69 Å². The predicted molar refractivity (Wildman–Crippen MR) is 82.7 cm³/mol. The lowest BCUT2D eigenvalue weighted by molar-refractivity contribution is 0.199. The first-order chi connectivity index (χ1) is 8.91. The van der Waals surface area contributed by atoms with Gasteiger partial charge in [-0.2, -0.15) is 0 Å². The minimum atomic E-state index is -0.426. The molecule has 0 fully saturated rings. The van der Waals surface area contributed by atoms with Crippen LogP contribution in [0.2, 0.25) is 0 Å². The molecule has 0 amide bonds. The molecule has 0 radical (unpaired) electrons. The fourth-order valence-corrected chi connectivity index (χ4v) is 2.20. The number of aliphatic hydroxyl groups is 1. The van der Waals surface area contributed by atoms with E-state index in [0.29, 0.717) is 5.92 Å². The topological polar surface area (TPSA) is 26.7 Å². The van der Waals surface area contributed by atoms with E-state index in [0.717, 1.165) is 30.9 Å². The van der Waals surface area contributed by atoms with Gasteiger partial charge in [0.15, 0.2) is 0 Å². The van der Waals surface area contributed by atoms with E-state index in [4.69, 9.17) is 0 Å². The fourth-order valence-electron chi connectivity index (χ4n) is 2.20. The lowest BCUT2D eigenvalue weighted by Gasteiger charge is -2.30. The van der Waals surface area contributed by atoms with Crippen molar-refractivity contribution < 1.29 is 5.11 Å². The molecule has 19 heavy (non-hydrogen) atoms. The normalized spacial score (nSPS) is 13.1. The number of anilines is 1. The van der Waals surface area contributed by atoms with Crippen LogP contribution in [-0.2, 0) is 0 Å². The van der Waals surface area contributed by atoms with Crippen molar-refractivity contribution in [1.82, 2.24) is 4.90 Å². The van der Waals surface area contributed by atoms with Crippen LogP contribution in [0, 0.1) is 5.92 Å². The van der Waals surface area contributed by atoms with Crippen molar-refractivity contribution in [3.63, 3.8) is 0 Å². The van der Waals surface area contributed by atoms with E-state index >= 15 is 0 Å². The van der Waals surface area contributed by atoms with Crippen LogP contribution in [0.15, 0.2) is 24.3 Å². The lowest BCUT2D eigenvalue weighted by Crippen LogP contribution is -2.35. The number of para-hydroxylation sites is 1. The van der Waals surface area contributed by atoms with E-state index in [9.17, 15) is 5.11 Å². The standard InChI is InChI=1S/C16H28N2O/c1-13(2)12-18(11-10-17(4)5)16-9-7-6-8-15(16)14(3)19/h6-9,13-14,19H,10-12H2,1-5H3. The lowest BCUT2D eigenvalue weighted by atomic mass is 10.1. The maximum atomic E-state index is 9.93. The summed E-state index contributed by atoms with van der Waals surface area (Å²) in [6, 6.07) is 8.17. The summed E-state index contributed by atoms with van der Waals surface area (Å²) in [6.45, 7) is 9.30. The zero-order valence-electron chi connectivity index (χ0n) is 12.9. The Labute approximate surface area is 117 Å². The molecule has 0 aliphatic carbocycles. The van der Waals surface area contributed by atoms with E-state index in [1.54, 1.807) is 0 Å². The molecule has 0 saturated heterocycles. The maximum Gasteiger partial charge on any atom is 0.0781 e. The van der Waals surface area contributed by atoms with Gasteiger partial charge in [0.2, 0.25) is 0 Å². The van der Waals surface area contributed by atoms with E-state index in [1.807, 2.05) is 25.1 Å². The molecule has 0 aliphatic heterocycles. The average molecular weight is 264 g/mol. The number of nitrogens with zero attached hydrogens (tertiary/aromatic N) is 2. The summed E-state index contributed by atoms with van der Waals surface area (Å²) >= 11 is 0. The highest BCUT2D eigenvalue weighted by Gasteiger charge is 2.15. The van der Waals surface area contributed by atoms with Crippen LogP contribution in [0.4, 0.5) is 5.69 Å². The summed E-state index contributed by atoms with van der Waals surface area (Å²) in [5, 5.41) is 9.93. The van der Waals surface area contributed by atoms with E-state index in [-0.39, 0.29) is 0 Å². The second-order valence-corrected chi connectivity index (χ2v) is 5.88. The number of hydrogen-bond acceptors (Lipinski definition) is 3. The van der Waals surface area contributed by atoms with Gasteiger partial charge in [0.1, 0.15) is 0 Å². The molecular formula is C16H28N2O. The first-order valence-electron chi connectivity index (χ1n) is 7.08. The summed E-state index contributed by atoms with van der Waals surface area (Å²) in [7, 11) is 4.18. The number of benzene rings is 1. The first-order valence-corrected chi connectivity index (χ1v) is 7.08. The van der Waals surface area contributed by atoms with Crippen LogP contribution in [0.1, 0.15) is 32.4 Å². The smallest absolute Gasteiger partial charge is 0.0781 e. The molecule has 1 unspecified atom stereocenters.